The second kappa shape index (κ2) is 6.58. The minimum atomic E-state index is -1.09. The lowest BCUT2D eigenvalue weighted by molar-refractivity contribution is -0.133. The van der Waals surface area contributed by atoms with Crippen LogP contribution in [-0.2, 0) is 16.0 Å². The first-order chi connectivity index (χ1) is 8.91. The number of nitrogens with one attached hydrogen (secondary N) is 1. The average Bonchev–Trinajstić information content (AvgIpc) is 2.39. The van der Waals surface area contributed by atoms with E-state index in [2.05, 4.69) is 5.32 Å². The Bertz CT molecular complexity index is 503. The van der Waals surface area contributed by atoms with Crippen LogP contribution in [0.4, 0.5) is 0 Å². The summed E-state index contributed by atoms with van der Waals surface area (Å²) in [4.78, 5) is 22.4. The second-order valence-electron chi connectivity index (χ2n) is 4.23. The number of phenols is 1. The molecule has 0 aliphatic rings. The van der Waals surface area contributed by atoms with E-state index in [0.717, 1.165) is 5.56 Å². The van der Waals surface area contributed by atoms with Gasteiger partial charge >= 0.3 is 5.97 Å². The Morgan fingerprint density at radius 1 is 1.11 bits per heavy atom. The molecule has 0 radical (unpaired) electrons. The molecular formula is C14H17NO4. The monoisotopic (exact) mass is 263 g/mol. The summed E-state index contributed by atoms with van der Waals surface area (Å²) in [5.74, 6) is -1.27. The summed E-state index contributed by atoms with van der Waals surface area (Å²) < 4.78 is 0. The highest BCUT2D eigenvalue weighted by molar-refractivity contribution is 6.01. The molecule has 0 aliphatic carbocycles. The lowest BCUT2D eigenvalue weighted by Crippen LogP contribution is -2.27. The van der Waals surface area contributed by atoms with E-state index in [-0.39, 0.29) is 22.8 Å². The number of benzene rings is 1. The highest BCUT2D eigenvalue weighted by atomic mass is 16.4. The molecule has 5 heteroatoms. The van der Waals surface area contributed by atoms with Crippen LogP contribution in [0.1, 0.15) is 19.4 Å². The number of carboxylic acid groups (broad SMARTS) is 1. The molecule has 0 aromatic heterocycles. The number of aromatic hydroxyl groups is 1. The molecule has 1 rings (SSSR count). The van der Waals surface area contributed by atoms with Gasteiger partial charge in [-0.1, -0.05) is 12.1 Å². The minimum absolute atomic E-state index is 0.0436. The predicted molar refractivity (Wildman–Crippen MR) is 70.8 cm³/mol. The second-order valence-corrected chi connectivity index (χ2v) is 4.23. The number of carbonyl (C=O) groups excluding carboxylic acids is 1. The zero-order valence-electron chi connectivity index (χ0n) is 10.9. The number of carbonyl (C=O) groups is 2. The molecule has 102 valence electrons. The van der Waals surface area contributed by atoms with E-state index in [1.807, 2.05) is 0 Å². The summed E-state index contributed by atoms with van der Waals surface area (Å²) in [7, 11) is 0. The molecule has 0 spiro atoms. The molecule has 5 nitrogen and oxygen atoms in total. The Morgan fingerprint density at radius 2 is 1.68 bits per heavy atom. The zero-order valence-corrected chi connectivity index (χ0v) is 10.9. The van der Waals surface area contributed by atoms with Gasteiger partial charge in [-0.25, -0.2) is 4.79 Å². The molecular weight excluding hydrogens is 246 g/mol. The summed E-state index contributed by atoms with van der Waals surface area (Å²) in [5.41, 5.74) is 1.23. The zero-order chi connectivity index (χ0) is 14.4. The number of rotatable bonds is 5. The summed E-state index contributed by atoms with van der Waals surface area (Å²) in [5, 5.41) is 20.6. The predicted octanol–water partition coefficient (Wildman–Crippen LogP) is 1.47. The van der Waals surface area contributed by atoms with E-state index >= 15 is 0 Å². The van der Waals surface area contributed by atoms with Crippen LogP contribution < -0.4 is 5.32 Å². The normalized spacial score (nSPS) is 11.7. The molecule has 0 fully saturated rings. The summed E-state index contributed by atoms with van der Waals surface area (Å²) in [6.07, 6.45) is 0.616. The average molecular weight is 263 g/mol. The van der Waals surface area contributed by atoms with Crippen LogP contribution >= 0.6 is 0 Å². The van der Waals surface area contributed by atoms with E-state index < -0.39 is 5.97 Å². The van der Waals surface area contributed by atoms with Crippen molar-refractivity contribution in [1.29, 1.82) is 0 Å². The van der Waals surface area contributed by atoms with Crippen LogP contribution in [0, 0.1) is 0 Å². The van der Waals surface area contributed by atoms with Gasteiger partial charge in [0.25, 0.3) is 0 Å². The Kier molecular flexibility index (Phi) is 5.11. The van der Waals surface area contributed by atoms with Gasteiger partial charge in [-0.15, -0.1) is 0 Å². The van der Waals surface area contributed by atoms with Gasteiger partial charge in [0.2, 0.25) is 5.91 Å². The SMILES string of the molecule is CC(C(=O)O)=C(C)C(=O)NCCc1ccc(O)cc1. The fourth-order valence-corrected chi connectivity index (χ4v) is 1.45. The van der Waals surface area contributed by atoms with Crippen LogP contribution in [0.15, 0.2) is 35.4 Å². The summed E-state index contributed by atoms with van der Waals surface area (Å²) >= 11 is 0. The maximum Gasteiger partial charge on any atom is 0.331 e. The van der Waals surface area contributed by atoms with Gasteiger partial charge in [-0.2, -0.15) is 0 Å². The quantitative estimate of drug-likeness (QED) is 0.702. The number of aliphatic carboxylic acids is 1. The summed E-state index contributed by atoms with van der Waals surface area (Å²) in [6, 6.07) is 6.70. The molecule has 1 aromatic carbocycles. The van der Waals surface area contributed by atoms with Crippen molar-refractivity contribution in [3.05, 3.63) is 41.0 Å². The third kappa shape index (κ3) is 4.46. The number of carboxylic acids is 1. The molecule has 0 unspecified atom stereocenters. The Labute approximate surface area is 111 Å². The molecule has 3 N–H and O–H groups in total. The van der Waals surface area contributed by atoms with Crippen LogP contribution in [0.2, 0.25) is 0 Å². The largest absolute Gasteiger partial charge is 0.508 e. The lowest BCUT2D eigenvalue weighted by atomic mass is 10.1. The number of phenolic OH excluding ortho intramolecular Hbond substituents is 1. The van der Waals surface area contributed by atoms with Crippen molar-refractivity contribution in [2.24, 2.45) is 0 Å². The molecule has 0 saturated heterocycles. The van der Waals surface area contributed by atoms with Gasteiger partial charge in [0.05, 0.1) is 0 Å². The molecule has 1 aromatic rings. The van der Waals surface area contributed by atoms with E-state index in [0.29, 0.717) is 13.0 Å². The van der Waals surface area contributed by atoms with Crippen LogP contribution in [0.25, 0.3) is 0 Å². The molecule has 0 aliphatic heterocycles. The number of hydrogen-bond acceptors (Lipinski definition) is 3. The maximum atomic E-state index is 11.7. The Morgan fingerprint density at radius 3 is 2.21 bits per heavy atom. The van der Waals surface area contributed by atoms with E-state index in [1.165, 1.54) is 13.8 Å². The van der Waals surface area contributed by atoms with E-state index in [1.54, 1.807) is 24.3 Å². The van der Waals surface area contributed by atoms with Crippen molar-refractivity contribution < 1.29 is 19.8 Å². The fourth-order valence-electron chi connectivity index (χ4n) is 1.45. The third-order valence-electron chi connectivity index (χ3n) is 2.86. The first-order valence-corrected chi connectivity index (χ1v) is 5.88. The van der Waals surface area contributed by atoms with Crippen LogP contribution in [0.5, 0.6) is 5.75 Å². The third-order valence-corrected chi connectivity index (χ3v) is 2.86. The topological polar surface area (TPSA) is 86.6 Å². The van der Waals surface area contributed by atoms with Crippen molar-refractivity contribution in [3.8, 4) is 5.75 Å². The standard InChI is InChI=1S/C14H17NO4/c1-9(10(2)14(18)19)13(17)15-8-7-11-3-5-12(16)6-4-11/h3-6,16H,7-8H2,1-2H3,(H,15,17)(H,18,19). The van der Waals surface area contributed by atoms with Gasteiger partial charge in [0.1, 0.15) is 5.75 Å². The number of amides is 1. The fraction of sp³-hybridized carbons (Fsp3) is 0.286. The molecule has 19 heavy (non-hydrogen) atoms. The molecule has 0 saturated carbocycles. The van der Waals surface area contributed by atoms with Gasteiger partial charge < -0.3 is 15.5 Å². The molecule has 0 bridgehead atoms. The van der Waals surface area contributed by atoms with Crippen molar-refractivity contribution in [1.82, 2.24) is 5.32 Å². The van der Waals surface area contributed by atoms with E-state index in [4.69, 9.17) is 10.2 Å². The maximum absolute atomic E-state index is 11.7. The van der Waals surface area contributed by atoms with Crippen molar-refractivity contribution in [2.75, 3.05) is 6.54 Å². The molecule has 0 atom stereocenters. The first kappa shape index (κ1) is 14.8. The molecule has 0 heterocycles. The summed E-state index contributed by atoms with van der Waals surface area (Å²) in [6.45, 7) is 3.30. The highest BCUT2D eigenvalue weighted by Crippen LogP contribution is 2.09. The molecule has 1 amide bonds. The van der Waals surface area contributed by atoms with Crippen LogP contribution in [-0.4, -0.2) is 28.6 Å². The minimum Gasteiger partial charge on any atom is -0.508 e. The van der Waals surface area contributed by atoms with Crippen molar-refractivity contribution in [3.63, 3.8) is 0 Å². The van der Waals surface area contributed by atoms with Crippen molar-refractivity contribution >= 4 is 11.9 Å². The van der Waals surface area contributed by atoms with Gasteiger partial charge in [-0.05, 0) is 38.0 Å². The van der Waals surface area contributed by atoms with Gasteiger partial charge in [0, 0.05) is 17.7 Å². The smallest absolute Gasteiger partial charge is 0.331 e. The number of hydrogen-bond donors (Lipinski definition) is 3. The highest BCUT2D eigenvalue weighted by Gasteiger charge is 2.11. The van der Waals surface area contributed by atoms with Gasteiger partial charge in [-0.3, -0.25) is 4.79 Å². The lowest BCUT2D eigenvalue weighted by Gasteiger charge is -2.07. The van der Waals surface area contributed by atoms with Crippen LogP contribution in [0.3, 0.4) is 0 Å². The van der Waals surface area contributed by atoms with Gasteiger partial charge in [0.15, 0.2) is 0 Å². The Balaban J connectivity index is 2.49. The van der Waals surface area contributed by atoms with E-state index in [9.17, 15) is 9.59 Å². The first-order valence-electron chi connectivity index (χ1n) is 5.88. The van der Waals surface area contributed by atoms with Crippen molar-refractivity contribution in [2.45, 2.75) is 20.3 Å². The Hall–Kier alpha value is -2.30.